The molecule has 8 rings (SSSR count). The third-order valence-electron chi connectivity index (χ3n) is 8.94. The summed E-state index contributed by atoms with van der Waals surface area (Å²) >= 11 is 1.99. The van der Waals surface area contributed by atoms with Crippen molar-refractivity contribution in [1.82, 2.24) is 4.57 Å². The summed E-state index contributed by atoms with van der Waals surface area (Å²) in [5.41, 5.74) is 10.4. The Balaban J connectivity index is 1.36. The van der Waals surface area contributed by atoms with Crippen LogP contribution in [0.25, 0.3) is 16.6 Å². The van der Waals surface area contributed by atoms with E-state index in [-0.39, 0.29) is 0 Å². The van der Waals surface area contributed by atoms with Crippen molar-refractivity contribution >= 4 is 64.2 Å². The predicted octanol–water partition coefficient (Wildman–Crippen LogP) is 4.63. The van der Waals surface area contributed by atoms with Crippen LogP contribution in [0.1, 0.15) is 24.1 Å². The van der Waals surface area contributed by atoms with Gasteiger partial charge >= 0.3 is 0 Å². The molecule has 3 heterocycles. The molecule has 174 valence electrons. The Bertz CT molecular complexity index is 1720. The van der Waals surface area contributed by atoms with Gasteiger partial charge < -0.3 is 4.57 Å². The minimum atomic E-state index is -1.73. The van der Waals surface area contributed by atoms with Gasteiger partial charge in [-0.15, -0.1) is 0 Å². The average molecular weight is 498 g/mol. The molecule has 0 atom stereocenters. The Morgan fingerprint density at radius 1 is 0.750 bits per heavy atom. The summed E-state index contributed by atoms with van der Waals surface area (Å²) in [6, 6.07) is 32.7. The van der Waals surface area contributed by atoms with Crippen molar-refractivity contribution < 1.29 is 0 Å². The Kier molecular flexibility index (Phi) is 4.43. The van der Waals surface area contributed by atoms with Gasteiger partial charge in [-0.2, -0.15) is 0 Å². The third-order valence-corrected chi connectivity index (χ3v) is 13.7. The smallest absolute Gasteiger partial charge is 0.243 e. The fourth-order valence-electron chi connectivity index (χ4n) is 7.32. The van der Waals surface area contributed by atoms with E-state index in [2.05, 4.69) is 103 Å². The van der Waals surface area contributed by atoms with E-state index in [4.69, 9.17) is 0 Å². The van der Waals surface area contributed by atoms with Crippen LogP contribution < -0.4 is 26.8 Å². The molecule has 3 aliphatic rings. The highest BCUT2D eigenvalue weighted by Crippen LogP contribution is 2.37. The summed E-state index contributed by atoms with van der Waals surface area (Å²) in [6.45, 7) is 5.40. The van der Waals surface area contributed by atoms with E-state index in [0.717, 1.165) is 0 Å². The number of benzene rings is 4. The molecule has 5 aromatic rings. The average Bonchev–Trinajstić information content (AvgIpc) is 3.25. The molecule has 0 fully saturated rings. The van der Waals surface area contributed by atoms with Gasteiger partial charge in [0.2, 0.25) is 6.71 Å². The van der Waals surface area contributed by atoms with E-state index in [1.807, 2.05) is 11.8 Å². The van der Waals surface area contributed by atoms with Gasteiger partial charge in [0.05, 0.1) is 5.52 Å². The molecule has 0 bridgehead atoms. The Morgan fingerprint density at radius 2 is 1.56 bits per heavy atom. The quantitative estimate of drug-likeness (QED) is 0.300. The van der Waals surface area contributed by atoms with Gasteiger partial charge in [0.1, 0.15) is 8.07 Å². The second-order valence-corrected chi connectivity index (χ2v) is 16.6. The van der Waals surface area contributed by atoms with Crippen molar-refractivity contribution in [2.24, 2.45) is 0 Å². The third kappa shape index (κ3) is 2.75. The lowest BCUT2D eigenvalue weighted by Crippen LogP contribution is -2.77. The molecule has 0 unspecified atom stereocenters. The number of hydrogen-bond acceptors (Lipinski definition) is 1. The largest absolute Gasteiger partial charge is 0.313 e. The number of hydrogen-bond donors (Lipinski definition) is 0. The molecule has 0 radical (unpaired) electrons. The maximum atomic E-state index is 2.57. The topological polar surface area (TPSA) is 4.93 Å². The van der Waals surface area contributed by atoms with Gasteiger partial charge in [-0.3, -0.25) is 0 Å². The standard InChI is InChI=1S/C32H28BNSSi/c1-36(2)30-16-8-5-12-25(30)33-24-19-18-21(20-29(24)35-28-15-9-17-31(36)32(28)33)34-26-13-6-3-10-22(26)23-11-4-7-14-27(23)34/h3,5-6,8-10,12-13,15-20H,4,7,11,14H2,1-2H3. The monoisotopic (exact) mass is 497 g/mol. The summed E-state index contributed by atoms with van der Waals surface area (Å²) in [7, 11) is -1.73. The van der Waals surface area contributed by atoms with Crippen LogP contribution in [0.2, 0.25) is 13.1 Å². The second kappa shape index (κ2) is 7.53. The normalized spacial score (nSPS) is 16.8. The molecule has 2 aliphatic heterocycles. The summed E-state index contributed by atoms with van der Waals surface area (Å²) in [6.07, 6.45) is 4.98. The number of nitrogens with zero attached hydrogens (tertiary/aromatic N) is 1. The SMILES string of the molecule is C[Si]1(C)c2ccccc2B2c3ccc(-n4c5c(c6ccccc64)CCCC5)cc3Sc3cccc1c32. The van der Waals surface area contributed by atoms with Crippen molar-refractivity contribution in [2.45, 2.75) is 48.6 Å². The molecule has 36 heavy (non-hydrogen) atoms. The zero-order valence-corrected chi connectivity index (χ0v) is 22.7. The lowest BCUT2D eigenvalue weighted by atomic mass is 9.36. The summed E-state index contributed by atoms with van der Waals surface area (Å²) in [5.74, 6) is 0. The first-order chi connectivity index (χ1) is 17.6. The first-order valence-corrected chi connectivity index (χ1v) is 17.1. The van der Waals surface area contributed by atoms with Crippen molar-refractivity contribution in [3.8, 4) is 5.69 Å². The van der Waals surface area contributed by atoms with E-state index < -0.39 is 8.07 Å². The van der Waals surface area contributed by atoms with E-state index in [1.54, 1.807) is 21.4 Å². The minimum absolute atomic E-state index is 0.341. The van der Waals surface area contributed by atoms with Crippen molar-refractivity contribution in [3.63, 3.8) is 0 Å². The number of rotatable bonds is 1. The first kappa shape index (κ1) is 21.2. The van der Waals surface area contributed by atoms with Crippen molar-refractivity contribution in [2.75, 3.05) is 0 Å². The Morgan fingerprint density at radius 3 is 2.50 bits per heavy atom. The van der Waals surface area contributed by atoms with Crippen LogP contribution in [0.3, 0.4) is 0 Å². The predicted molar refractivity (Wildman–Crippen MR) is 158 cm³/mol. The van der Waals surface area contributed by atoms with Crippen LogP contribution >= 0.6 is 11.8 Å². The molecule has 1 nitrogen and oxygen atoms in total. The van der Waals surface area contributed by atoms with Gasteiger partial charge in [0.25, 0.3) is 0 Å². The van der Waals surface area contributed by atoms with Gasteiger partial charge in [-0.1, -0.05) is 112 Å². The molecule has 0 saturated carbocycles. The number of aryl methyl sites for hydroxylation is 1. The van der Waals surface area contributed by atoms with Crippen molar-refractivity contribution in [1.29, 1.82) is 0 Å². The van der Waals surface area contributed by atoms with Crippen LogP contribution in [0.4, 0.5) is 0 Å². The van der Waals surface area contributed by atoms with Crippen LogP contribution in [0, 0.1) is 0 Å². The maximum Gasteiger partial charge on any atom is 0.243 e. The molecular weight excluding hydrogens is 469 g/mol. The molecule has 0 saturated heterocycles. The van der Waals surface area contributed by atoms with E-state index >= 15 is 0 Å². The number of aromatic nitrogens is 1. The van der Waals surface area contributed by atoms with Crippen molar-refractivity contribution in [3.05, 3.63) is 96.2 Å². The Hall–Kier alpha value is -2.95. The second-order valence-electron chi connectivity index (χ2n) is 11.2. The van der Waals surface area contributed by atoms with Gasteiger partial charge in [0.15, 0.2) is 0 Å². The summed E-state index contributed by atoms with van der Waals surface area (Å²) in [4.78, 5) is 2.87. The number of fused-ring (bicyclic) bond motifs is 7. The van der Waals surface area contributed by atoms with Gasteiger partial charge in [-0.25, -0.2) is 0 Å². The first-order valence-electron chi connectivity index (χ1n) is 13.3. The van der Waals surface area contributed by atoms with Gasteiger partial charge in [-0.05, 0) is 55.5 Å². The van der Waals surface area contributed by atoms with Crippen LogP contribution in [0.15, 0.2) is 94.7 Å². The lowest BCUT2D eigenvalue weighted by molar-refractivity contribution is 0.666. The highest BCUT2D eigenvalue weighted by atomic mass is 32.2. The van der Waals surface area contributed by atoms with Crippen LogP contribution in [0.5, 0.6) is 0 Å². The Labute approximate surface area is 218 Å². The zero-order chi connectivity index (χ0) is 24.0. The van der Waals surface area contributed by atoms with E-state index in [9.17, 15) is 0 Å². The molecular formula is C32H28BNSSi. The minimum Gasteiger partial charge on any atom is -0.313 e. The summed E-state index contributed by atoms with van der Waals surface area (Å²) < 4.78 is 2.57. The molecule has 4 heteroatoms. The van der Waals surface area contributed by atoms with Crippen LogP contribution in [-0.2, 0) is 12.8 Å². The molecule has 0 spiro atoms. The van der Waals surface area contributed by atoms with Gasteiger partial charge in [0, 0.05) is 26.6 Å². The molecule has 1 aliphatic carbocycles. The van der Waals surface area contributed by atoms with E-state index in [0.29, 0.717) is 6.71 Å². The molecule has 0 N–H and O–H groups in total. The zero-order valence-electron chi connectivity index (χ0n) is 20.8. The maximum absolute atomic E-state index is 2.57. The fourth-order valence-corrected chi connectivity index (χ4v) is 11.8. The molecule has 1 aromatic heterocycles. The number of para-hydroxylation sites is 1. The van der Waals surface area contributed by atoms with Crippen LogP contribution in [-0.4, -0.2) is 19.4 Å². The summed E-state index contributed by atoms with van der Waals surface area (Å²) in [5, 5.41) is 4.67. The fraction of sp³-hybridized carbons (Fsp3) is 0.188. The lowest BCUT2D eigenvalue weighted by Gasteiger charge is -2.40. The highest BCUT2D eigenvalue weighted by molar-refractivity contribution is 8.00. The van der Waals surface area contributed by atoms with E-state index in [1.165, 1.54) is 68.7 Å². The molecule has 0 amide bonds. The highest BCUT2D eigenvalue weighted by Gasteiger charge is 2.44. The molecule has 4 aromatic carbocycles.